The van der Waals surface area contributed by atoms with Crippen LogP contribution in [0, 0.1) is 11.8 Å². The fourth-order valence-electron chi connectivity index (χ4n) is 4.05. The summed E-state index contributed by atoms with van der Waals surface area (Å²) in [5.74, 6) is 5.59. The molecular weight excluding hydrogens is 517 g/mol. The number of nitrogens with zero attached hydrogens (tertiary/aromatic N) is 3. The van der Waals surface area contributed by atoms with Crippen LogP contribution < -0.4 is 10.1 Å². The first-order chi connectivity index (χ1) is 18.1. The number of ether oxygens (including phenoxy) is 1. The summed E-state index contributed by atoms with van der Waals surface area (Å²) in [6.45, 7) is 3.19. The van der Waals surface area contributed by atoms with E-state index >= 15 is 0 Å². The van der Waals surface area contributed by atoms with Crippen LogP contribution in [0.3, 0.4) is 0 Å². The number of hydrogen-bond acceptors (Lipinski definition) is 5. The van der Waals surface area contributed by atoms with Crippen molar-refractivity contribution in [3.05, 3.63) is 87.6 Å². The van der Waals surface area contributed by atoms with E-state index in [1.54, 1.807) is 18.3 Å². The van der Waals surface area contributed by atoms with Gasteiger partial charge in [0.2, 0.25) is 5.88 Å². The Morgan fingerprint density at radius 2 is 1.82 bits per heavy atom. The summed E-state index contributed by atoms with van der Waals surface area (Å²) >= 11 is 6.26. The number of halogens is 4. The molecule has 38 heavy (non-hydrogen) atoms. The maximum atomic E-state index is 13.9. The Morgan fingerprint density at radius 1 is 1.08 bits per heavy atom. The maximum Gasteiger partial charge on any atom is 0.416 e. The second-order valence-corrected chi connectivity index (χ2v) is 9.32. The van der Waals surface area contributed by atoms with Gasteiger partial charge in [0.05, 0.1) is 23.3 Å². The molecule has 1 aromatic heterocycles. The highest BCUT2D eigenvalue weighted by Gasteiger charge is 2.34. The predicted molar refractivity (Wildman–Crippen MR) is 140 cm³/mol. The quantitative estimate of drug-likeness (QED) is 0.451. The van der Waals surface area contributed by atoms with Crippen LogP contribution in [0.2, 0.25) is 5.02 Å². The predicted octanol–water partition coefficient (Wildman–Crippen LogP) is 5.16. The van der Waals surface area contributed by atoms with Gasteiger partial charge in [-0.2, -0.15) is 13.2 Å². The van der Waals surface area contributed by atoms with Crippen molar-refractivity contribution in [2.24, 2.45) is 0 Å². The van der Waals surface area contributed by atoms with Gasteiger partial charge in [0.1, 0.15) is 0 Å². The van der Waals surface area contributed by atoms with Gasteiger partial charge in [-0.15, -0.1) is 0 Å². The first-order valence-corrected chi connectivity index (χ1v) is 12.2. The smallest absolute Gasteiger partial charge is 0.416 e. The fourth-order valence-corrected chi connectivity index (χ4v) is 4.22. The molecule has 1 aliphatic heterocycles. The van der Waals surface area contributed by atoms with Gasteiger partial charge in [0.25, 0.3) is 5.91 Å². The number of alkyl halides is 3. The molecule has 0 aliphatic carbocycles. The lowest BCUT2D eigenvalue weighted by atomic mass is 10.0. The maximum absolute atomic E-state index is 13.9. The molecule has 2 heterocycles. The molecule has 0 radical (unpaired) electrons. The van der Waals surface area contributed by atoms with Gasteiger partial charge >= 0.3 is 6.18 Å². The molecule has 0 unspecified atom stereocenters. The number of anilines is 1. The van der Waals surface area contributed by atoms with Gasteiger partial charge < -0.3 is 15.0 Å². The van der Waals surface area contributed by atoms with Gasteiger partial charge in [-0.3, -0.25) is 9.69 Å². The van der Waals surface area contributed by atoms with E-state index in [9.17, 15) is 18.0 Å². The van der Waals surface area contributed by atoms with Crippen molar-refractivity contribution in [2.75, 3.05) is 45.7 Å². The lowest BCUT2D eigenvalue weighted by Gasteiger charge is -2.33. The third-order valence-corrected chi connectivity index (χ3v) is 6.52. The van der Waals surface area contributed by atoms with Crippen LogP contribution in [-0.2, 0) is 12.7 Å². The number of aromatic nitrogens is 1. The summed E-state index contributed by atoms with van der Waals surface area (Å²) in [7, 11) is 3.47. The summed E-state index contributed by atoms with van der Waals surface area (Å²) in [5, 5.41) is 2.89. The average molecular weight is 543 g/mol. The van der Waals surface area contributed by atoms with Gasteiger partial charge in [-0.05, 0) is 55.1 Å². The first kappa shape index (κ1) is 27.5. The lowest BCUT2D eigenvalue weighted by molar-refractivity contribution is -0.138. The Balaban J connectivity index is 1.54. The normalized spacial score (nSPS) is 14.5. The minimum absolute atomic E-state index is 0.0483. The number of benzene rings is 2. The molecule has 0 spiro atoms. The van der Waals surface area contributed by atoms with E-state index in [1.165, 1.54) is 37.4 Å². The molecule has 198 valence electrons. The Hall–Kier alpha value is -3.58. The topological polar surface area (TPSA) is 57.7 Å². The number of carbonyl (C=O) groups is 1. The number of nitrogens with one attached hydrogen (secondary N) is 1. The van der Waals surface area contributed by atoms with Crippen LogP contribution in [0.1, 0.15) is 32.6 Å². The molecule has 1 fully saturated rings. The van der Waals surface area contributed by atoms with Crippen molar-refractivity contribution in [2.45, 2.75) is 12.7 Å². The van der Waals surface area contributed by atoms with Gasteiger partial charge in [0.15, 0.2) is 0 Å². The highest BCUT2D eigenvalue weighted by molar-refractivity contribution is 6.32. The van der Waals surface area contributed by atoms with Crippen molar-refractivity contribution in [1.29, 1.82) is 0 Å². The molecule has 2 aromatic carbocycles. The van der Waals surface area contributed by atoms with Crippen LogP contribution in [-0.4, -0.2) is 61.0 Å². The number of pyridine rings is 1. The van der Waals surface area contributed by atoms with Crippen molar-refractivity contribution in [3.63, 3.8) is 0 Å². The molecule has 1 aliphatic rings. The Bertz CT molecular complexity index is 1380. The molecule has 0 saturated carbocycles. The molecule has 10 heteroatoms. The van der Waals surface area contributed by atoms with E-state index in [4.69, 9.17) is 16.3 Å². The summed E-state index contributed by atoms with van der Waals surface area (Å²) in [6, 6.07) is 11.8. The zero-order chi connectivity index (χ0) is 27.3. The van der Waals surface area contributed by atoms with Gasteiger partial charge in [-0.25, -0.2) is 4.98 Å². The first-order valence-electron chi connectivity index (χ1n) is 11.9. The van der Waals surface area contributed by atoms with Crippen molar-refractivity contribution < 1.29 is 22.7 Å². The summed E-state index contributed by atoms with van der Waals surface area (Å²) < 4.78 is 46.9. The minimum atomic E-state index is -4.56. The Kier molecular flexibility index (Phi) is 8.57. The van der Waals surface area contributed by atoms with Crippen LogP contribution >= 0.6 is 11.6 Å². The molecule has 1 amide bonds. The molecule has 1 N–H and O–H groups in total. The number of rotatable bonds is 5. The monoisotopic (exact) mass is 542 g/mol. The van der Waals surface area contributed by atoms with Crippen molar-refractivity contribution in [3.8, 4) is 17.7 Å². The molecule has 0 atom stereocenters. The van der Waals surface area contributed by atoms with E-state index in [0.717, 1.165) is 19.2 Å². The van der Waals surface area contributed by atoms with Gasteiger partial charge in [0, 0.05) is 55.7 Å². The SMILES string of the molecule is COc1ncccc1C#Cc1cc(C(=O)Nc2ccc(CN3CCN(C)CC3)c(C(F)(F)F)c2)ccc1Cl. The second kappa shape index (κ2) is 11.9. The second-order valence-electron chi connectivity index (χ2n) is 8.91. The van der Waals surface area contributed by atoms with E-state index in [0.29, 0.717) is 35.1 Å². The van der Waals surface area contributed by atoms with Crippen LogP contribution in [0.4, 0.5) is 18.9 Å². The fraction of sp³-hybridized carbons (Fsp3) is 0.286. The lowest BCUT2D eigenvalue weighted by Crippen LogP contribution is -2.44. The number of hydrogen-bond donors (Lipinski definition) is 1. The van der Waals surface area contributed by atoms with E-state index in [-0.39, 0.29) is 23.4 Å². The molecule has 3 aromatic rings. The Labute approximate surface area is 224 Å². The zero-order valence-electron chi connectivity index (χ0n) is 20.9. The largest absolute Gasteiger partial charge is 0.480 e. The summed E-state index contributed by atoms with van der Waals surface area (Å²) in [5.41, 5.74) is 0.581. The standard InChI is InChI=1S/C28H26ClF3N4O2/c1-35-12-14-36(15-13-35)18-22-7-9-23(17-24(22)28(30,31)32)34-26(37)21-8-10-25(29)20(16-21)6-5-19-4-3-11-33-27(19)38-2/h3-4,7-11,16-17H,12-15,18H2,1-2H3,(H,34,37). The highest BCUT2D eigenvalue weighted by Crippen LogP contribution is 2.35. The van der Waals surface area contributed by atoms with Crippen LogP contribution in [0.25, 0.3) is 0 Å². The average Bonchev–Trinajstić information content (AvgIpc) is 2.90. The molecule has 1 saturated heterocycles. The van der Waals surface area contributed by atoms with E-state index in [1.807, 2.05) is 11.9 Å². The summed E-state index contributed by atoms with van der Waals surface area (Å²) in [6.07, 6.45) is -2.98. The van der Waals surface area contributed by atoms with Crippen LogP contribution in [0.15, 0.2) is 54.7 Å². The summed E-state index contributed by atoms with van der Waals surface area (Å²) in [4.78, 5) is 21.1. The van der Waals surface area contributed by atoms with Crippen molar-refractivity contribution in [1.82, 2.24) is 14.8 Å². The minimum Gasteiger partial charge on any atom is -0.480 e. The third kappa shape index (κ3) is 6.84. The number of carbonyl (C=O) groups excluding carboxylic acids is 1. The molecular formula is C28H26ClF3N4O2. The number of amides is 1. The van der Waals surface area contributed by atoms with Gasteiger partial charge in [-0.1, -0.05) is 29.5 Å². The highest BCUT2D eigenvalue weighted by atomic mass is 35.5. The van der Waals surface area contributed by atoms with E-state index < -0.39 is 17.6 Å². The number of likely N-dealkylation sites (N-methyl/N-ethyl adjacent to an activating group) is 1. The third-order valence-electron chi connectivity index (χ3n) is 6.19. The molecule has 6 nitrogen and oxygen atoms in total. The van der Waals surface area contributed by atoms with Crippen LogP contribution in [0.5, 0.6) is 5.88 Å². The van der Waals surface area contributed by atoms with Crippen molar-refractivity contribution >= 4 is 23.2 Å². The molecule has 0 bridgehead atoms. The molecule has 4 rings (SSSR count). The van der Waals surface area contributed by atoms with E-state index in [2.05, 4.69) is 27.0 Å². The number of methoxy groups -OCH3 is 1. The number of piperazine rings is 1. The zero-order valence-corrected chi connectivity index (χ0v) is 21.7. The Morgan fingerprint density at radius 3 is 2.53 bits per heavy atom.